The fraction of sp³-hybridized carbons (Fsp3) is 0.500. The number of fused-ring (bicyclic) bond motifs is 2. The van der Waals surface area contributed by atoms with E-state index in [-0.39, 0.29) is 17.4 Å². The number of para-hydroxylation sites is 1. The summed E-state index contributed by atoms with van der Waals surface area (Å²) in [6, 6.07) is 14.4. The van der Waals surface area contributed by atoms with Crippen LogP contribution >= 0.6 is 0 Å². The lowest BCUT2D eigenvalue weighted by atomic mass is 9.89. The normalized spacial score (nSPS) is 19.5. The highest BCUT2D eigenvalue weighted by Crippen LogP contribution is 2.29. The molecule has 5 heterocycles. The minimum absolute atomic E-state index is 0.0562. The molecule has 3 saturated heterocycles. The summed E-state index contributed by atoms with van der Waals surface area (Å²) in [5.74, 6) is -0.0614. The van der Waals surface area contributed by atoms with E-state index in [2.05, 4.69) is 20.1 Å². The predicted molar refractivity (Wildman–Crippen MR) is 178 cm³/mol. The van der Waals surface area contributed by atoms with E-state index < -0.39 is 12.2 Å². The number of amides is 2. The molecule has 0 bridgehead atoms. The molecule has 242 valence electrons. The number of carbonyl (C=O) groups excluding carboxylic acids is 2. The van der Waals surface area contributed by atoms with Gasteiger partial charge < -0.3 is 24.4 Å². The fourth-order valence-electron chi connectivity index (χ4n) is 7.80. The van der Waals surface area contributed by atoms with Crippen LogP contribution in [0.25, 0.3) is 21.8 Å². The van der Waals surface area contributed by atoms with Gasteiger partial charge in [0.15, 0.2) is 6.10 Å². The Morgan fingerprint density at radius 1 is 0.913 bits per heavy atom. The third-order valence-corrected chi connectivity index (χ3v) is 10.4. The van der Waals surface area contributed by atoms with E-state index in [4.69, 9.17) is 4.74 Å². The average molecular weight is 625 g/mol. The zero-order chi connectivity index (χ0) is 31.6. The van der Waals surface area contributed by atoms with E-state index in [0.29, 0.717) is 51.5 Å². The summed E-state index contributed by atoms with van der Waals surface area (Å²) < 4.78 is 6.10. The summed E-state index contributed by atoms with van der Waals surface area (Å²) in [7, 11) is 0. The Kier molecular flexibility index (Phi) is 8.80. The highest BCUT2D eigenvalue weighted by atomic mass is 16.6. The third-order valence-electron chi connectivity index (χ3n) is 10.4. The standard InChI is InChI=1S/C36H44N6O4/c1-24-19-25(20-28-23-37-39-33(24)28)21-32(35(44)41-17-11-29(12-18-41)40-13-5-2-6-14-40)46-36(45)42-15-9-26(10-16-42)30-22-27-7-3-4-8-31(27)38-34(30)43/h3-4,7-8,19-20,22-23,26,29,32H,2,5-6,9-18,21H2,1H3,(H,37,39)(H,38,43). The minimum Gasteiger partial charge on any atom is -0.436 e. The lowest BCUT2D eigenvalue weighted by Crippen LogP contribution is -2.52. The summed E-state index contributed by atoms with van der Waals surface area (Å²) in [5, 5.41) is 9.19. The average Bonchev–Trinajstić information content (AvgIpc) is 3.57. The number of aromatic amines is 2. The summed E-state index contributed by atoms with van der Waals surface area (Å²) >= 11 is 0. The molecule has 3 fully saturated rings. The van der Waals surface area contributed by atoms with E-state index in [1.807, 2.05) is 54.3 Å². The van der Waals surface area contributed by atoms with E-state index >= 15 is 0 Å². The van der Waals surface area contributed by atoms with E-state index in [0.717, 1.165) is 64.4 Å². The number of aromatic nitrogens is 3. The number of ether oxygens (including phenoxy) is 1. The first-order valence-electron chi connectivity index (χ1n) is 17.0. The molecule has 10 nitrogen and oxygen atoms in total. The number of likely N-dealkylation sites (tertiary alicyclic amines) is 3. The van der Waals surface area contributed by atoms with Crippen LogP contribution < -0.4 is 5.56 Å². The molecule has 2 N–H and O–H groups in total. The molecular formula is C36H44N6O4. The van der Waals surface area contributed by atoms with E-state index in [1.165, 1.54) is 19.3 Å². The Hall–Kier alpha value is -4.18. The van der Waals surface area contributed by atoms with Crippen molar-refractivity contribution in [2.45, 2.75) is 76.4 Å². The van der Waals surface area contributed by atoms with Gasteiger partial charge in [0.1, 0.15) is 0 Å². The Balaban J connectivity index is 1.03. The van der Waals surface area contributed by atoms with Crippen molar-refractivity contribution in [3.8, 4) is 0 Å². The second-order valence-corrected chi connectivity index (χ2v) is 13.4. The number of carbonyl (C=O) groups is 2. The highest BCUT2D eigenvalue weighted by molar-refractivity contribution is 5.85. The molecule has 1 atom stereocenters. The summed E-state index contributed by atoms with van der Waals surface area (Å²) in [5.41, 5.74) is 4.46. The van der Waals surface area contributed by atoms with Crippen LogP contribution in [0.1, 0.15) is 67.6 Å². The van der Waals surface area contributed by atoms with Crippen LogP contribution in [0.4, 0.5) is 4.79 Å². The van der Waals surface area contributed by atoms with Gasteiger partial charge in [0.05, 0.1) is 11.7 Å². The second kappa shape index (κ2) is 13.3. The molecule has 7 rings (SSSR count). The van der Waals surface area contributed by atoms with Gasteiger partial charge in [-0.15, -0.1) is 0 Å². The molecule has 0 radical (unpaired) electrons. The zero-order valence-corrected chi connectivity index (χ0v) is 26.7. The topological polar surface area (TPSA) is 115 Å². The number of rotatable bonds is 6. The molecule has 0 spiro atoms. The first kappa shape index (κ1) is 30.5. The maximum absolute atomic E-state index is 14.0. The number of hydrogen-bond donors (Lipinski definition) is 2. The van der Waals surface area contributed by atoms with Crippen molar-refractivity contribution in [1.82, 2.24) is 29.9 Å². The van der Waals surface area contributed by atoms with Crippen LogP contribution in [0.3, 0.4) is 0 Å². The van der Waals surface area contributed by atoms with Gasteiger partial charge in [0.25, 0.3) is 11.5 Å². The number of pyridine rings is 1. The van der Waals surface area contributed by atoms with Gasteiger partial charge in [-0.25, -0.2) is 4.79 Å². The maximum atomic E-state index is 14.0. The summed E-state index contributed by atoms with van der Waals surface area (Å²) in [6.07, 6.45) is 7.77. The minimum atomic E-state index is -0.913. The largest absolute Gasteiger partial charge is 0.436 e. The van der Waals surface area contributed by atoms with Gasteiger partial charge in [-0.1, -0.05) is 30.7 Å². The van der Waals surface area contributed by atoms with Crippen LogP contribution in [0, 0.1) is 6.92 Å². The van der Waals surface area contributed by atoms with Gasteiger partial charge in [0.2, 0.25) is 0 Å². The highest BCUT2D eigenvalue weighted by Gasteiger charge is 2.35. The van der Waals surface area contributed by atoms with E-state index in [1.54, 1.807) is 11.1 Å². The first-order valence-corrected chi connectivity index (χ1v) is 17.0. The third kappa shape index (κ3) is 6.40. The van der Waals surface area contributed by atoms with Gasteiger partial charge in [0, 0.05) is 55.1 Å². The number of benzene rings is 2. The van der Waals surface area contributed by atoms with Crippen molar-refractivity contribution in [2.24, 2.45) is 0 Å². The SMILES string of the molecule is Cc1cc(CC(OC(=O)N2CCC(c3cc4ccccc4[nH]c3=O)CC2)C(=O)N2CCC(N3CCCCC3)CC2)cc2cn[nH]c12. The lowest BCUT2D eigenvalue weighted by molar-refractivity contribution is -0.142. The van der Waals surface area contributed by atoms with Gasteiger partial charge in [-0.2, -0.15) is 5.10 Å². The molecule has 2 aromatic carbocycles. The van der Waals surface area contributed by atoms with Crippen LogP contribution in [-0.2, 0) is 16.0 Å². The molecule has 3 aliphatic rings. The number of nitrogens with zero attached hydrogens (tertiary/aromatic N) is 4. The Morgan fingerprint density at radius 2 is 1.65 bits per heavy atom. The number of piperidine rings is 3. The number of H-pyrrole nitrogens is 2. The molecule has 0 saturated carbocycles. The molecule has 2 aromatic heterocycles. The Morgan fingerprint density at radius 3 is 2.43 bits per heavy atom. The van der Waals surface area contributed by atoms with Crippen molar-refractivity contribution >= 4 is 33.8 Å². The van der Waals surface area contributed by atoms with E-state index in [9.17, 15) is 14.4 Å². The lowest BCUT2D eigenvalue weighted by Gasteiger charge is -2.41. The zero-order valence-electron chi connectivity index (χ0n) is 26.7. The Labute approximate surface area is 269 Å². The number of nitrogens with one attached hydrogen (secondary N) is 2. The van der Waals surface area contributed by atoms with Crippen molar-refractivity contribution in [1.29, 1.82) is 0 Å². The van der Waals surface area contributed by atoms with Crippen molar-refractivity contribution in [3.63, 3.8) is 0 Å². The smallest absolute Gasteiger partial charge is 0.410 e. The number of aryl methyl sites for hydroxylation is 1. The molecule has 3 aliphatic heterocycles. The monoisotopic (exact) mass is 624 g/mol. The van der Waals surface area contributed by atoms with Gasteiger partial charge in [-0.3, -0.25) is 14.7 Å². The molecule has 4 aromatic rings. The quantitative estimate of drug-likeness (QED) is 0.308. The van der Waals surface area contributed by atoms with Gasteiger partial charge >= 0.3 is 6.09 Å². The van der Waals surface area contributed by atoms with Crippen molar-refractivity contribution in [2.75, 3.05) is 39.3 Å². The molecular weight excluding hydrogens is 580 g/mol. The summed E-state index contributed by atoms with van der Waals surface area (Å²) in [6.45, 7) is 6.62. The second-order valence-electron chi connectivity index (χ2n) is 13.4. The van der Waals surface area contributed by atoms with Crippen LogP contribution in [0.15, 0.2) is 53.5 Å². The molecule has 2 amide bonds. The summed E-state index contributed by atoms with van der Waals surface area (Å²) in [4.78, 5) is 49.7. The first-order chi connectivity index (χ1) is 22.4. The number of hydrogen-bond acceptors (Lipinski definition) is 6. The molecule has 0 aliphatic carbocycles. The Bertz CT molecular complexity index is 1760. The van der Waals surface area contributed by atoms with Crippen LogP contribution in [0.5, 0.6) is 0 Å². The fourth-order valence-corrected chi connectivity index (χ4v) is 7.80. The van der Waals surface area contributed by atoms with Gasteiger partial charge in [-0.05, 0) is 99.2 Å². The van der Waals surface area contributed by atoms with Crippen LogP contribution in [0.2, 0.25) is 0 Å². The van der Waals surface area contributed by atoms with Crippen LogP contribution in [-0.4, -0.2) is 93.3 Å². The molecule has 46 heavy (non-hydrogen) atoms. The van der Waals surface area contributed by atoms with Crippen molar-refractivity contribution in [3.05, 3.63) is 75.7 Å². The molecule has 10 heteroatoms. The maximum Gasteiger partial charge on any atom is 0.410 e. The molecule has 1 unspecified atom stereocenters. The predicted octanol–water partition coefficient (Wildman–Crippen LogP) is 5.12. The van der Waals surface area contributed by atoms with Crippen molar-refractivity contribution < 1.29 is 14.3 Å².